The molecule has 2 aromatic rings. The number of pyridine rings is 2. The van der Waals surface area contributed by atoms with E-state index in [-0.39, 0.29) is 24.8 Å². The maximum absolute atomic E-state index is 2.23. The molecule has 0 saturated carbocycles. The lowest BCUT2D eigenvalue weighted by Gasteiger charge is -1.96. The number of aryl methyl sites for hydroxylation is 2. The highest BCUT2D eigenvalue weighted by Crippen LogP contribution is 1.89. The molecule has 4 heteroatoms. The Bertz CT molecular complexity index is 365. The highest BCUT2D eigenvalue weighted by molar-refractivity contribution is 5.85. The van der Waals surface area contributed by atoms with E-state index in [0.29, 0.717) is 0 Å². The fourth-order valence-corrected chi connectivity index (χ4v) is 1.76. The third-order valence-corrected chi connectivity index (χ3v) is 2.64. The van der Waals surface area contributed by atoms with Crippen LogP contribution in [0.25, 0.3) is 0 Å². The summed E-state index contributed by atoms with van der Waals surface area (Å²) in [6.07, 6.45) is 10.9. The molecule has 0 atom stereocenters. The van der Waals surface area contributed by atoms with Gasteiger partial charge in [-0.3, -0.25) is 0 Å². The van der Waals surface area contributed by atoms with Crippen LogP contribution in [0.15, 0.2) is 61.2 Å². The Kier molecular flexibility index (Phi) is 9.25. The van der Waals surface area contributed by atoms with Crippen LogP contribution < -0.4 is 9.13 Å². The van der Waals surface area contributed by atoms with Gasteiger partial charge >= 0.3 is 0 Å². The van der Waals surface area contributed by atoms with Crippen LogP contribution in [-0.2, 0) is 13.1 Å². The van der Waals surface area contributed by atoms with E-state index in [1.165, 1.54) is 12.8 Å². The van der Waals surface area contributed by atoms with Crippen molar-refractivity contribution in [1.29, 1.82) is 0 Å². The maximum Gasteiger partial charge on any atom is 0.168 e. The molecular weight excluding hydrogens is 267 g/mol. The Labute approximate surface area is 121 Å². The maximum atomic E-state index is 2.23. The SMILES string of the molecule is Cl.Cl.c1cc[n+](CCCC[n+]2ccccc2)cc1. The lowest BCUT2D eigenvalue weighted by Crippen LogP contribution is -2.35. The van der Waals surface area contributed by atoms with Crippen molar-refractivity contribution in [2.45, 2.75) is 25.9 Å². The number of hydrogen-bond donors (Lipinski definition) is 0. The Morgan fingerprint density at radius 2 is 0.833 bits per heavy atom. The molecule has 2 heterocycles. The smallest absolute Gasteiger partial charge is 0.168 e. The topological polar surface area (TPSA) is 7.76 Å². The summed E-state index contributed by atoms with van der Waals surface area (Å²) in [6.45, 7) is 2.21. The van der Waals surface area contributed by atoms with Crippen LogP contribution in [0.3, 0.4) is 0 Å². The molecule has 0 bridgehead atoms. The van der Waals surface area contributed by atoms with Gasteiger partial charge in [0, 0.05) is 37.1 Å². The van der Waals surface area contributed by atoms with E-state index >= 15 is 0 Å². The van der Waals surface area contributed by atoms with Gasteiger partial charge in [-0.2, -0.15) is 0 Å². The van der Waals surface area contributed by atoms with Gasteiger partial charge < -0.3 is 0 Å². The third kappa shape index (κ3) is 5.99. The molecule has 0 fully saturated rings. The van der Waals surface area contributed by atoms with Crippen molar-refractivity contribution in [3.63, 3.8) is 0 Å². The van der Waals surface area contributed by atoms with E-state index < -0.39 is 0 Å². The lowest BCUT2D eigenvalue weighted by atomic mass is 10.3. The highest BCUT2D eigenvalue weighted by Gasteiger charge is 2.01. The van der Waals surface area contributed by atoms with E-state index in [9.17, 15) is 0 Å². The molecule has 0 aliphatic rings. The summed E-state index contributed by atoms with van der Waals surface area (Å²) in [7, 11) is 0. The second-order valence-electron chi connectivity index (χ2n) is 3.93. The zero-order valence-electron chi connectivity index (χ0n) is 10.3. The van der Waals surface area contributed by atoms with Crippen LogP contribution in [0.2, 0.25) is 0 Å². The quantitative estimate of drug-likeness (QED) is 0.590. The van der Waals surface area contributed by atoms with E-state index in [2.05, 4.69) is 70.3 Å². The fraction of sp³-hybridized carbons (Fsp3) is 0.286. The molecule has 2 aromatic heterocycles. The Hall–Kier alpha value is -1.12. The largest absolute Gasteiger partial charge is 0.205 e. The molecule has 0 radical (unpaired) electrons. The number of unbranched alkanes of at least 4 members (excludes halogenated alkanes) is 1. The van der Waals surface area contributed by atoms with Crippen molar-refractivity contribution in [1.82, 2.24) is 0 Å². The lowest BCUT2D eigenvalue weighted by molar-refractivity contribution is -0.708. The number of halogens is 2. The predicted molar refractivity (Wildman–Crippen MR) is 77.0 cm³/mol. The molecule has 2 rings (SSSR count). The highest BCUT2D eigenvalue weighted by atomic mass is 35.5. The molecule has 2 nitrogen and oxygen atoms in total. The second kappa shape index (κ2) is 9.86. The van der Waals surface area contributed by atoms with Crippen molar-refractivity contribution in [2.24, 2.45) is 0 Å². The molecule has 0 amide bonds. The minimum absolute atomic E-state index is 0. The second-order valence-corrected chi connectivity index (χ2v) is 3.93. The van der Waals surface area contributed by atoms with Crippen LogP contribution in [0.4, 0.5) is 0 Å². The molecule has 0 aliphatic carbocycles. The molecule has 18 heavy (non-hydrogen) atoms. The van der Waals surface area contributed by atoms with Gasteiger partial charge in [0.2, 0.25) is 0 Å². The standard InChI is InChI=1S/C14H18N2.2ClH/c1-3-9-15(10-4-1)13-7-8-14-16-11-5-2-6-12-16;;/h1-6,9-12H,7-8,13-14H2;2*1H/q+2;;. The average Bonchev–Trinajstić information content (AvgIpc) is 2.37. The van der Waals surface area contributed by atoms with Crippen LogP contribution in [0.5, 0.6) is 0 Å². The van der Waals surface area contributed by atoms with Gasteiger partial charge in [-0.25, -0.2) is 9.13 Å². The average molecular weight is 287 g/mol. The summed E-state index contributed by atoms with van der Waals surface area (Å²) >= 11 is 0. The predicted octanol–water partition coefficient (Wildman–Crippen LogP) is 2.59. The molecule has 0 spiro atoms. The third-order valence-electron chi connectivity index (χ3n) is 2.64. The molecule has 0 unspecified atom stereocenters. The van der Waals surface area contributed by atoms with Gasteiger partial charge in [-0.15, -0.1) is 24.8 Å². The van der Waals surface area contributed by atoms with Gasteiger partial charge in [-0.05, 0) is 0 Å². The summed E-state index contributed by atoms with van der Waals surface area (Å²) in [6, 6.07) is 12.4. The van der Waals surface area contributed by atoms with Gasteiger partial charge in [0.05, 0.1) is 0 Å². The van der Waals surface area contributed by atoms with Crippen molar-refractivity contribution in [3.8, 4) is 0 Å². The molecule has 98 valence electrons. The number of aromatic nitrogens is 2. The van der Waals surface area contributed by atoms with E-state index in [0.717, 1.165) is 13.1 Å². The van der Waals surface area contributed by atoms with Crippen molar-refractivity contribution >= 4 is 24.8 Å². The molecular formula is C14H20Cl2N2+2. The number of nitrogens with zero attached hydrogens (tertiary/aromatic N) is 2. The summed E-state index contributed by atoms with van der Waals surface area (Å²) < 4.78 is 4.46. The summed E-state index contributed by atoms with van der Waals surface area (Å²) in [4.78, 5) is 0. The molecule has 0 N–H and O–H groups in total. The van der Waals surface area contributed by atoms with E-state index in [1.54, 1.807) is 0 Å². The molecule has 0 aromatic carbocycles. The van der Waals surface area contributed by atoms with Gasteiger partial charge in [0.15, 0.2) is 24.8 Å². The van der Waals surface area contributed by atoms with Crippen LogP contribution in [0.1, 0.15) is 12.8 Å². The van der Waals surface area contributed by atoms with Crippen LogP contribution in [-0.4, -0.2) is 0 Å². The Morgan fingerprint density at radius 1 is 0.500 bits per heavy atom. The molecule has 0 saturated heterocycles. The zero-order valence-corrected chi connectivity index (χ0v) is 11.9. The van der Waals surface area contributed by atoms with Gasteiger partial charge in [0.25, 0.3) is 0 Å². The number of rotatable bonds is 5. The first-order chi connectivity index (χ1) is 7.95. The minimum Gasteiger partial charge on any atom is -0.205 e. The van der Waals surface area contributed by atoms with E-state index in [4.69, 9.17) is 0 Å². The minimum atomic E-state index is 0. The van der Waals surface area contributed by atoms with Crippen molar-refractivity contribution < 1.29 is 9.13 Å². The molecule has 0 aliphatic heterocycles. The Balaban J connectivity index is 0.00000144. The number of hydrogen-bond acceptors (Lipinski definition) is 0. The Morgan fingerprint density at radius 3 is 1.17 bits per heavy atom. The van der Waals surface area contributed by atoms with Crippen LogP contribution >= 0.6 is 24.8 Å². The first-order valence-electron chi connectivity index (χ1n) is 5.83. The van der Waals surface area contributed by atoms with E-state index in [1.807, 2.05) is 0 Å². The van der Waals surface area contributed by atoms with Crippen LogP contribution in [0, 0.1) is 0 Å². The fourth-order valence-electron chi connectivity index (χ4n) is 1.76. The summed E-state index contributed by atoms with van der Waals surface area (Å²) in [5.41, 5.74) is 0. The van der Waals surface area contributed by atoms with Gasteiger partial charge in [0.1, 0.15) is 13.1 Å². The monoisotopic (exact) mass is 286 g/mol. The van der Waals surface area contributed by atoms with Gasteiger partial charge in [-0.1, -0.05) is 12.1 Å². The zero-order chi connectivity index (χ0) is 11.1. The van der Waals surface area contributed by atoms with Crippen molar-refractivity contribution in [3.05, 3.63) is 61.2 Å². The normalized spacial score (nSPS) is 9.11. The first kappa shape index (κ1) is 16.9. The van der Waals surface area contributed by atoms with Crippen molar-refractivity contribution in [2.75, 3.05) is 0 Å². The first-order valence-corrected chi connectivity index (χ1v) is 5.83. The summed E-state index contributed by atoms with van der Waals surface area (Å²) in [5.74, 6) is 0. The summed E-state index contributed by atoms with van der Waals surface area (Å²) in [5, 5.41) is 0.